The van der Waals surface area contributed by atoms with Crippen LogP contribution in [0.15, 0.2) is 0 Å². The molecule has 1 nitrogen and oxygen atoms in total. The van der Waals surface area contributed by atoms with E-state index in [0.29, 0.717) is 0 Å². The van der Waals surface area contributed by atoms with Crippen molar-refractivity contribution in [1.82, 2.24) is 0 Å². The predicted octanol–water partition coefficient (Wildman–Crippen LogP) is 3.92. The molecule has 0 saturated carbocycles. The summed E-state index contributed by atoms with van der Waals surface area (Å²) in [6.45, 7) is -3.41. The molecule has 1 aromatic carbocycles. The molecule has 1 aromatic rings. The smallest absolute Gasteiger partial charge is 0.389 e. The fourth-order valence-electron chi connectivity index (χ4n) is 1.39. The summed E-state index contributed by atoms with van der Waals surface area (Å²) in [6, 6.07) is 0. The van der Waals surface area contributed by atoms with Crippen LogP contribution < -0.4 is 5.19 Å². The maximum atomic E-state index is 13.6. The highest BCUT2D eigenvalue weighted by Crippen LogP contribution is 2.36. The molecule has 0 radical (unpaired) electrons. The summed E-state index contributed by atoms with van der Waals surface area (Å²) in [7, 11) is 0. The van der Waals surface area contributed by atoms with Crippen molar-refractivity contribution in [2.24, 2.45) is 0 Å². The summed E-state index contributed by atoms with van der Waals surface area (Å²) in [6.07, 6.45) is -5.62. The number of hydrogen-bond acceptors (Lipinski definition) is 1. The average Bonchev–Trinajstić information content (AvgIpc) is 2.24. The molecule has 0 N–H and O–H groups in total. The van der Waals surface area contributed by atoms with Gasteiger partial charge in [-0.05, 0) is 6.92 Å². The molecule has 1 rings (SSSR count). The molecule has 0 aromatic heterocycles. The molecule has 0 aliphatic carbocycles. The minimum absolute atomic E-state index is 0.262. The van der Waals surface area contributed by atoms with Crippen molar-refractivity contribution < 1.29 is 35.2 Å². The molecule has 0 heterocycles. The molecule has 0 aliphatic heterocycles. The largest absolute Gasteiger partial charge is 0.429 e. The fourth-order valence-corrected chi connectivity index (χ4v) is 4.28. The van der Waals surface area contributed by atoms with Crippen LogP contribution in [0.1, 0.15) is 12.5 Å². The second kappa shape index (κ2) is 5.70. The summed E-state index contributed by atoms with van der Waals surface area (Å²) in [4.78, 5) is 0. The topological polar surface area (TPSA) is 9.23 Å². The van der Waals surface area contributed by atoms with E-state index in [1.807, 2.05) is 0 Å². The van der Waals surface area contributed by atoms with Gasteiger partial charge >= 0.3 is 13.1 Å². The van der Waals surface area contributed by atoms with Gasteiger partial charge in [0.05, 0.1) is 5.19 Å². The van der Waals surface area contributed by atoms with E-state index >= 15 is 0 Å². The van der Waals surface area contributed by atoms with E-state index in [0.717, 1.165) is 0 Å². The number of halogens is 9. The van der Waals surface area contributed by atoms with Gasteiger partial charge in [-0.1, -0.05) is 0 Å². The van der Waals surface area contributed by atoms with Crippen molar-refractivity contribution in [2.75, 3.05) is 6.61 Å². The van der Waals surface area contributed by atoms with Crippen LogP contribution in [0, 0.1) is 23.3 Å². The lowest BCUT2D eigenvalue weighted by Crippen LogP contribution is -2.46. The zero-order chi connectivity index (χ0) is 15.9. The van der Waals surface area contributed by atoms with Crippen molar-refractivity contribution >= 4 is 34.3 Å². The number of alkyl halides is 3. The Bertz CT molecular complexity index is 503. The summed E-state index contributed by atoms with van der Waals surface area (Å²) in [5, 5.41) is -1.55. The Balaban J connectivity index is 3.69. The normalized spacial score (nSPS) is 12.9. The zero-order valence-corrected chi connectivity index (χ0v) is 12.0. The Labute approximate surface area is 118 Å². The Morgan fingerprint density at radius 3 is 1.65 bits per heavy atom. The van der Waals surface area contributed by atoms with Crippen LogP contribution in [0.25, 0.3) is 0 Å². The SMILES string of the molecule is CCO[Si](Cl)(Cl)c1c(F)c(F)c(C(F)(F)F)c(F)c1F. The Kier molecular flexibility index (Phi) is 5.00. The summed E-state index contributed by atoms with van der Waals surface area (Å²) >= 11 is 10.9. The third-order valence-corrected chi connectivity index (χ3v) is 5.62. The zero-order valence-electron chi connectivity index (χ0n) is 9.52. The maximum absolute atomic E-state index is 13.6. The molecule has 0 spiro atoms. The first-order valence-electron chi connectivity index (χ1n) is 4.90. The van der Waals surface area contributed by atoms with Gasteiger partial charge in [-0.15, -0.1) is 22.2 Å². The number of rotatable bonds is 3. The lowest BCUT2D eigenvalue weighted by atomic mass is 10.1. The molecule has 11 heteroatoms. The van der Waals surface area contributed by atoms with Gasteiger partial charge in [0, 0.05) is 6.61 Å². The first-order chi connectivity index (χ1) is 8.95. The van der Waals surface area contributed by atoms with Crippen LogP contribution in [0.2, 0.25) is 0 Å². The average molecular weight is 361 g/mol. The monoisotopic (exact) mass is 360 g/mol. The van der Waals surface area contributed by atoms with E-state index in [9.17, 15) is 30.7 Å². The van der Waals surface area contributed by atoms with Crippen molar-refractivity contribution in [2.45, 2.75) is 13.1 Å². The van der Waals surface area contributed by atoms with E-state index in [2.05, 4.69) is 4.43 Å². The first kappa shape index (κ1) is 17.5. The number of hydrogen-bond donors (Lipinski definition) is 0. The van der Waals surface area contributed by atoms with Crippen LogP contribution in [0.4, 0.5) is 30.7 Å². The minimum atomic E-state index is -5.62. The quantitative estimate of drug-likeness (QED) is 0.343. The van der Waals surface area contributed by atoms with Gasteiger partial charge < -0.3 is 4.43 Å². The maximum Gasteiger partial charge on any atom is 0.429 e. The second-order valence-corrected chi connectivity index (χ2v) is 9.05. The van der Waals surface area contributed by atoms with E-state index in [1.165, 1.54) is 6.92 Å². The van der Waals surface area contributed by atoms with Gasteiger partial charge in [0.15, 0.2) is 23.3 Å². The van der Waals surface area contributed by atoms with Gasteiger partial charge in [-0.25, -0.2) is 17.6 Å². The van der Waals surface area contributed by atoms with Gasteiger partial charge in [0.2, 0.25) is 0 Å². The standard InChI is InChI=1S/C9H5Cl2F7OSi/c1-2-19-20(10,11)8-6(14)4(12)3(9(16,17)18)5(13)7(8)15/h2H2,1H3. The molecular formula is C9H5Cl2F7OSi. The first-order valence-corrected chi connectivity index (χ1v) is 8.83. The Morgan fingerprint density at radius 1 is 0.950 bits per heavy atom. The van der Waals surface area contributed by atoms with E-state index in [-0.39, 0.29) is 6.61 Å². The molecule has 0 unspecified atom stereocenters. The van der Waals surface area contributed by atoms with Crippen LogP contribution in [-0.2, 0) is 10.6 Å². The molecule has 20 heavy (non-hydrogen) atoms. The Hall–Kier alpha value is -0.513. The minimum Gasteiger partial charge on any atom is -0.389 e. The highest BCUT2D eigenvalue weighted by atomic mass is 35.7. The van der Waals surface area contributed by atoms with Crippen LogP contribution in [-0.4, -0.2) is 13.5 Å². The van der Waals surface area contributed by atoms with Gasteiger partial charge in [-0.3, -0.25) is 0 Å². The van der Waals surface area contributed by atoms with Crippen molar-refractivity contribution in [1.29, 1.82) is 0 Å². The molecule has 0 aliphatic rings. The third-order valence-electron chi connectivity index (χ3n) is 2.16. The van der Waals surface area contributed by atoms with E-state index in [4.69, 9.17) is 22.2 Å². The molecule has 0 bridgehead atoms. The van der Waals surface area contributed by atoms with Crippen molar-refractivity contribution in [3.05, 3.63) is 28.8 Å². The van der Waals surface area contributed by atoms with E-state index < -0.39 is 47.1 Å². The number of benzene rings is 1. The van der Waals surface area contributed by atoms with Crippen molar-refractivity contribution in [3.63, 3.8) is 0 Å². The molecule has 0 amide bonds. The fraction of sp³-hybridized carbons (Fsp3) is 0.333. The van der Waals surface area contributed by atoms with Gasteiger partial charge in [0.25, 0.3) is 0 Å². The summed E-state index contributed by atoms with van der Waals surface area (Å²) in [5.41, 5.74) is -2.69. The summed E-state index contributed by atoms with van der Waals surface area (Å²) in [5.74, 6) is -9.88. The highest BCUT2D eigenvalue weighted by molar-refractivity contribution is 7.48. The third kappa shape index (κ3) is 3.05. The van der Waals surface area contributed by atoms with Crippen LogP contribution in [0.3, 0.4) is 0 Å². The van der Waals surface area contributed by atoms with Crippen molar-refractivity contribution in [3.8, 4) is 0 Å². The van der Waals surface area contributed by atoms with Gasteiger partial charge in [-0.2, -0.15) is 13.2 Å². The predicted molar refractivity (Wildman–Crippen MR) is 60.0 cm³/mol. The van der Waals surface area contributed by atoms with E-state index in [1.54, 1.807) is 0 Å². The molecule has 0 saturated heterocycles. The second-order valence-electron chi connectivity index (χ2n) is 3.45. The Morgan fingerprint density at radius 2 is 1.35 bits per heavy atom. The molecule has 114 valence electrons. The van der Waals surface area contributed by atoms with Gasteiger partial charge in [0.1, 0.15) is 5.56 Å². The van der Waals surface area contributed by atoms with Crippen LogP contribution in [0.5, 0.6) is 0 Å². The highest BCUT2D eigenvalue weighted by Gasteiger charge is 2.48. The lowest BCUT2D eigenvalue weighted by Gasteiger charge is -2.20. The molecule has 0 atom stereocenters. The molecular weight excluding hydrogens is 356 g/mol. The molecule has 0 fully saturated rings. The lowest BCUT2D eigenvalue weighted by molar-refractivity contribution is -0.143. The summed E-state index contributed by atoms with van der Waals surface area (Å²) < 4.78 is 95.4. The van der Waals surface area contributed by atoms with Crippen LogP contribution >= 0.6 is 22.2 Å².